The molecule has 4 heteroatoms. The summed E-state index contributed by atoms with van der Waals surface area (Å²) in [5.74, 6) is -1.16. The van der Waals surface area contributed by atoms with E-state index in [1.807, 2.05) is 91.7 Å². The Labute approximate surface area is 188 Å². The SMILES string of the molecule is Cc1ccc(C(=O)C2C(c3ccc(C)cc3)C(C(N)=O)N3C=Cc4ccccc4C23)cc1. The highest BCUT2D eigenvalue weighted by atomic mass is 16.1. The molecule has 0 spiro atoms. The first-order valence-electron chi connectivity index (χ1n) is 11.0. The molecule has 4 atom stereocenters. The third kappa shape index (κ3) is 3.23. The van der Waals surface area contributed by atoms with Gasteiger partial charge in [0.2, 0.25) is 5.91 Å². The van der Waals surface area contributed by atoms with Crippen molar-refractivity contribution in [3.63, 3.8) is 0 Å². The second-order valence-electron chi connectivity index (χ2n) is 8.88. The summed E-state index contributed by atoms with van der Waals surface area (Å²) < 4.78 is 0. The van der Waals surface area contributed by atoms with Crippen molar-refractivity contribution >= 4 is 17.8 Å². The highest BCUT2D eigenvalue weighted by molar-refractivity contribution is 6.00. The first-order valence-corrected chi connectivity index (χ1v) is 11.0. The molecule has 0 saturated carbocycles. The molecule has 4 nitrogen and oxygen atoms in total. The summed E-state index contributed by atoms with van der Waals surface area (Å²) in [6.45, 7) is 4.03. The van der Waals surface area contributed by atoms with E-state index < -0.39 is 17.9 Å². The molecular weight excluding hydrogens is 396 g/mol. The molecule has 0 aromatic heterocycles. The van der Waals surface area contributed by atoms with Gasteiger partial charge in [-0.05, 0) is 36.6 Å². The maximum Gasteiger partial charge on any atom is 0.240 e. The van der Waals surface area contributed by atoms with E-state index in [9.17, 15) is 9.59 Å². The number of carbonyl (C=O) groups excluding carboxylic acids is 2. The van der Waals surface area contributed by atoms with Gasteiger partial charge in [0.05, 0.1) is 12.0 Å². The lowest BCUT2D eigenvalue weighted by atomic mass is 9.75. The molecule has 3 aromatic rings. The molecule has 1 fully saturated rings. The summed E-state index contributed by atoms with van der Waals surface area (Å²) in [5, 5.41) is 0. The van der Waals surface area contributed by atoms with E-state index in [1.54, 1.807) is 0 Å². The minimum Gasteiger partial charge on any atom is -0.368 e. The van der Waals surface area contributed by atoms with Gasteiger partial charge in [0.15, 0.2) is 5.78 Å². The first kappa shape index (κ1) is 20.3. The fourth-order valence-electron chi connectivity index (χ4n) is 5.29. The van der Waals surface area contributed by atoms with Crippen molar-refractivity contribution < 1.29 is 9.59 Å². The Morgan fingerprint density at radius 1 is 0.844 bits per heavy atom. The first-order chi connectivity index (χ1) is 15.5. The smallest absolute Gasteiger partial charge is 0.240 e. The number of aryl methyl sites for hydroxylation is 2. The van der Waals surface area contributed by atoms with E-state index in [-0.39, 0.29) is 17.7 Å². The lowest BCUT2D eigenvalue weighted by Gasteiger charge is -2.33. The Kier molecular flexibility index (Phi) is 4.93. The van der Waals surface area contributed by atoms with Crippen LogP contribution < -0.4 is 5.73 Å². The summed E-state index contributed by atoms with van der Waals surface area (Å²) in [6, 6.07) is 23.0. The Morgan fingerprint density at radius 2 is 1.47 bits per heavy atom. The number of amides is 1. The van der Waals surface area contributed by atoms with E-state index in [1.165, 1.54) is 0 Å². The quantitative estimate of drug-likeness (QED) is 0.616. The standard InChI is InChI=1S/C28H26N2O2/c1-17-7-11-20(12-8-17)23-24(27(31)21-13-9-18(2)10-14-21)25-22-6-4-3-5-19(22)15-16-30(25)26(23)28(29)32/h3-16,23-26H,1-2H3,(H2,29,32). The number of ketones is 1. The van der Waals surface area contributed by atoms with E-state index in [4.69, 9.17) is 5.73 Å². The van der Waals surface area contributed by atoms with Crippen LogP contribution in [0.5, 0.6) is 0 Å². The minimum atomic E-state index is -0.605. The lowest BCUT2D eigenvalue weighted by molar-refractivity contribution is -0.122. The largest absolute Gasteiger partial charge is 0.368 e. The van der Waals surface area contributed by atoms with Crippen molar-refractivity contribution in [1.29, 1.82) is 0 Å². The van der Waals surface area contributed by atoms with Crippen LogP contribution in [0.15, 0.2) is 79.0 Å². The molecule has 0 aliphatic carbocycles. The number of fused-ring (bicyclic) bond motifs is 3. The summed E-state index contributed by atoms with van der Waals surface area (Å²) in [5.41, 5.74) is 12.0. The van der Waals surface area contributed by atoms with Crippen LogP contribution in [-0.4, -0.2) is 22.6 Å². The average Bonchev–Trinajstić information content (AvgIpc) is 3.15. The molecule has 2 N–H and O–H groups in total. The van der Waals surface area contributed by atoms with Crippen molar-refractivity contribution in [2.75, 3.05) is 0 Å². The lowest BCUT2D eigenvalue weighted by Crippen LogP contribution is -2.41. The number of benzene rings is 3. The van der Waals surface area contributed by atoms with Crippen LogP contribution in [0.3, 0.4) is 0 Å². The molecule has 0 bridgehead atoms. The van der Waals surface area contributed by atoms with E-state index in [2.05, 4.69) is 12.1 Å². The number of carbonyl (C=O) groups is 2. The topological polar surface area (TPSA) is 63.4 Å². The second-order valence-corrected chi connectivity index (χ2v) is 8.88. The fraction of sp³-hybridized carbons (Fsp3) is 0.214. The van der Waals surface area contributed by atoms with E-state index in [0.717, 1.165) is 27.8 Å². The molecule has 4 unspecified atom stereocenters. The van der Waals surface area contributed by atoms with Gasteiger partial charge >= 0.3 is 0 Å². The molecule has 2 aliphatic heterocycles. The normalized spacial score (nSPS) is 23.5. The van der Waals surface area contributed by atoms with Crippen LogP contribution in [0, 0.1) is 19.8 Å². The number of rotatable bonds is 4. The molecule has 1 saturated heterocycles. The summed E-state index contributed by atoms with van der Waals surface area (Å²) in [7, 11) is 0. The van der Waals surface area contributed by atoms with Gasteiger partial charge in [-0.2, -0.15) is 0 Å². The third-order valence-electron chi connectivity index (χ3n) is 6.84. The van der Waals surface area contributed by atoms with Crippen LogP contribution in [0.4, 0.5) is 0 Å². The predicted octanol–water partition coefficient (Wildman–Crippen LogP) is 4.78. The van der Waals surface area contributed by atoms with Gasteiger partial charge in [-0.25, -0.2) is 0 Å². The summed E-state index contributed by atoms with van der Waals surface area (Å²) >= 11 is 0. The van der Waals surface area contributed by atoms with Crippen molar-refractivity contribution in [3.05, 3.63) is 112 Å². The summed E-state index contributed by atoms with van der Waals surface area (Å²) in [4.78, 5) is 28.8. The van der Waals surface area contributed by atoms with Gasteiger partial charge in [0.1, 0.15) is 6.04 Å². The van der Waals surface area contributed by atoms with Gasteiger partial charge in [-0.1, -0.05) is 83.9 Å². The van der Waals surface area contributed by atoms with Crippen LogP contribution >= 0.6 is 0 Å². The van der Waals surface area contributed by atoms with Crippen molar-refractivity contribution in [3.8, 4) is 0 Å². The van der Waals surface area contributed by atoms with E-state index in [0.29, 0.717) is 5.56 Å². The van der Waals surface area contributed by atoms with Crippen LogP contribution in [0.1, 0.15) is 50.1 Å². The van der Waals surface area contributed by atoms with E-state index >= 15 is 0 Å². The van der Waals surface area contributed by atoms with Gasteiger partial charge in [0, 0.05) is 17.7 Å². The van der Waals surface area contributed by atoms with Gasteiger partial charge in [-0.3, -0.25) is 9.59 Å². The number of Topliss-reactive ketones (excluding diaryl/α,β-unsaturated/α-hetero) is 1. The molecule has 0 radical (unpaired) electrons. The molecule has 32 heavy (non-hydrogen) atoms. The van der Waals surface area contributed by atoms with Gasteiger partial charge in [0.25, 0.3) is 0 Å². The molecule has 1 amide bonds. The molecule has 5 rings (SSSR count). The number of hydrogen-bond acceptors (Lipinski definition) is 3. The van der Waals surface area contributed by atoms with Gasteiger partial charge < -0.3 is 10.6 Å². The molecule has 2 heterocycles. The number of nitrogens with two attached hydrogens (primary N) is 1. The van der Waals surface area contributed by atoms with Crippen LogP contribution in [0.25, 0.3) is 6.08 Å². The number of primary amides is 1. The minimum absolute atomic E-state index is 0.0411. The average molecular weight is 423 g/mol. The van der Waals surface area contributed by atoms with Crippen molar-refractivity contribution in [2.45, 2.75) is 31.8 Å². The number of nitrogens with zero attached hydrogens (tertiary/aromatic N) is 1. The molecule has 2 aliphatic rings. The van der Waals surface area contributed by atoms with Crippen molar-refractivity contribution in [1.82, 2.24) is 4.90 Å². The zero-order valence-corrected chi connectivity index (χ0v) is 18.2. The highest BCUT2D eigenvalue weighted by Gasteiger charge is 2.55. The molecular formula is C28H26N2O2. The zero-order valence-electron chi connectivity index (χ0n) is 18.2. The zero-order chi connectivity index (χ0) is 22.4. The third-order valence-corrected chi connectivity index (χ3v) is 6.84. The van der Waals surface area contributed by atoms with Crippen LogP contribution in [0.2, 0.25) is 0 Å². The maximum atomic E-state index is 14.0. The fourth-order valence-corrected chi connectivity index (χ4v) is 5.29. The maximum absolute atomic E-state index is 14.0. The van der Waals surface area contributed by atoms with Crippen molar-refractivity contribution in [2.24, 2.45) is 11.7 Å². The second kappa shape index (κ2) is 7.79. The summed E-state index contributed by atoms with van der Waals surface area (Å²) in [6.07, 6.45) is 3.94. The Balaban J connectivity index is 1.71. The number of hydrogen-bond donors (Lipinski definition) is 1. The Bertz CT molecular complexity index is 1210. The van der Waals surface area contributed by atoms with Crippen LogP contribution in [-0.2, 0) is 4.79 Å². The van der Waals surface area contributed by atoms with Gasteiger partial charge in [-0.15, -0.1) is 0 Å². The molecule has 3 aromatic carbocycles. The predicted molar refractivity (Wildman–Crippen MR) is 126 cm³/mol. The Morgan fingerprint density at radius 3 is 2.12 bits per heavy atom. The monoisotopic (exact) mass is 422 g/mol. The Hall–Kier alpha value is -3.66. The molecule has 160 valence electrons. The highest BCUT2D eigenvalue weighted by Crippen LogP contribution is 2.53.